The van der Waals surface area contributed by atoms with E-state index in [4.69, 9.17) is 14.6 Å². The largest absolute Gasteiger partial charge is 0.393 e. The van der Waals surface area contributed by atoms with E-state index in [0.717, 1.165) is 32.5 Å². The van der Waals surface area contributed by atoms with Crippen LogP contribution < -0.4 is 0 Å². The third kappa shape index (κ3) is 5.47. The summed E-state index contributed by atoms with van der Waals surface area (Å²) in [5, 5.41) is 9.15. The van der Waals surface area contributed by atoms with Crippen molar-refractivity contribution in [2.45, 2.75) is 18.9 Å². The number of ether oxygens (including phenoxy) is 2. The van der Waals surface area contributed by atoms with Crippen LogP contribution in [0.5, 0.6) is 0 Å². The fourth-order valence-electron chi connectivity index (χ4n) is 1.85. The molecular weight excluding hydrogens is 194 g/mol. The molecule has 0 aromatic carbocycles. The Bertz CT molecular complexity index is 160. The molecule has 0 bridgehead atoms. The zero-order valence-corrected chi connectivity index (χ0v) is 9.82. The second-order valence-corrected chi connectivity index (χ2v) is 4.36. The minimum atomic E-state index is -0.0404. The van der Waals surface area contributed by atoms with Crippen molar-refractivity contribution in [3.63, 3.8) is 0 Å². The number of methoxy groups -OCH3 is 1. The van der Waals surface area contributed by atoms with Gasteiger partial charge in [-0.1, -0.05) is 0 Å². The van der Waals surface area contributed by atoms with Gasteiger partial charge in [-0.25, -0.2) is 0 Å². The number of aliphatic hydroxyl groups excluding tert-OH is 1. The lowest BCUT2D eigenvalue weighted by molar-refractivity contribution is 0.0196. The molecule has 0 saturated heterocycles. The molecule has 1 aliphatic carbocycles. The van der Waals surface area contributed by atoms with Gasteiger partial charge in [-0.2, -0.15) is 0 Å². The Morgan fingerprint density at radius 3 is 2.60 bits per heavy atom. The van der Waals surface area contributed by atoms with Crippen LogP contribution in [0.2, 0.25) is 0 Å². The molecule has 1 rings (SSSR count). The highest BCUT2D eigenvalue weighted by molar-refractivity contribution is 4.80. The van der Waals surface area contributed by atoms with Gasteiger partial charge in [0.2, 0.25) is 0 Å². The molecule has 0 aromatic rings. The van der Waals surface area contributed by atoms with Gasteiger partial charge in [-0.15, -0.1) is 0 Å². The van der Waals surface area contributed by atoms with Crippen LogP contribution in [-0.2, 0) is 9.47 Å². The molecule has 0 unspecified atom stereocenters. The van der Waals surface area contributed by atoms with E-state index in [2.05, 4.69) is 11.9 Å². The maximum atomic E-state index is 9.15. The fraction of sp³-hybridized carbons (Fsp3) is 1.00. The van der Waals surface area contributed by atoms with E-state index in [1.165, 1.54) is 0 Å². The van der Waals surface area contributed by atoms with E-state index in [1.807, 2.05) is 0 Å². The lowest BCUT2D eigenvalue weighted by atomic mass is 9.82. The standard InChI is InChI=1S/C11H23NO3/c1-12(3-4-15-6-5-14-2)9-10-7-11(13)8-10/h10-11,13H,3-9H2,1-2H3. The fourth-order valence-corrected chi connectivity index (χ4v) is 1.85. The Balaban J connectivity index is 1.87. The topological polar surface area (TPSA) is 41.9 Å². The molecule has 4 heteroatoms. The molecule has 0 spiro atoms. The Labute approximate surface area is 92.2 Å². The van der Waals surface area contributed by atoms with Crippen molar-refractivity contribution >= 4 is 0 Å². The van der Waals surface area contributed by atoms with Gasteiger partial charge in [0.05, 0.1) is 25.9 Å². The Morgan fingerprint density at radius 1 is 1.27 bits per heavy atom. The Morgan fingerprint density at radius 2 is 2.00 bits per heavy atom. The average molecular weight is 217 g/mol. The van der Waals surface area contributed by atoms with Crippen LogP contribution in [0.25, 0.3) is 0 Å². The molecule has 0 radical (unpaired) electrons. The van der Waals surface area contributed by atoms with Crippen molar-refractivity contribution in [3.05, 3.63) is 0 Å². The van der Waals surface area contributed by atoms with Crippen molar-refractivity contribution in [1.82, 2.24) is 4.90 Å². The SMILES string of the molecule is COCCOCCN(C)CC1CC(O)C1. The smallest absolute Gasteiger partial charge is 0.0700 e. The molecule has 0 aliphatic heterocycles. The summed E-state index contributed by atoms with van der Waals surface area (Å²) in [6.45, 7) is 4.13. The van der Waals surface area contributed by atoms with Crippen LogP contribution >= 0.6 is 0 Å². The van der Waals surface area contributed by atoms with Crippen LogP contribution in [0, 0.1) is 5.92 Å². The molecule has 1 aliphatic rings. The van der Waals surface area contributed by atoms with Gasteiger partial charge in [0.1, 0.15) is 0 Å². The molecule has 90 valence electrons. The second-order valence-electron chi connectivity index (χ2n) is 4.36. The zero-order chi connectivity index (χ0) is 11.1. The van der Waals surface area contributed by atoms with Crippen LogP contribution in [0.15, 0.2) is 0 Å². The number of aliphatic hydroxyl groups is 1. The molecule has 1 fully saturated rings. The minimum absolute atomic E-state index is 0.0404. The third-order valence-corrected chi connectivity index (χ3v) is 2.83. The molecule has 0 amide bonds. The lowest BCUT2D eigenvalue weighted by Crippen LogP contribution is -2.38. The van der Waals surface area contributed by atoms with Gasteiger partial charge >= 0.3 is 0 Å². The first-order chi connectivity index (χ1) is 7.22. The molecule has 15 heavy (non-hydrogen) atoms. The van der Waals surface area contributed by atoms with E-state index in [9.17, 15) is 0 Å². The summed E-state index contributed by atoms with van der Waals surface area (Å²) < 4.78 is 10.3. The van der Waals surface area contributed by atoms with Crippen LogP contribution in [-0.4, -0.2) is 63.2 Å². The van der Waals surface area contributed by atoms with Crippen molar-refractivity contribution in [3.8, 4) is 0 Å². The van der Waals surface area contributed by atoms with Crippen LogP contribution in [0.4, 0.5) is 0 Å². The molecule has 1 N–H and O–H groups in total. The molecule has 0 heterocycles. The number of nitrogens with zero attached hydrogens (tertiary/aromatic N) is 1. The summed E-state index contributed by atoms with van der Waals surface area (Å²) in [6.07, 6.45) is 1.89. The summed E-state index contributed by atoms with van der Waals surface area (Å²) in [4.78, 5) is 2.27. The third-order valence-electron chi connectivity index (χ3n) is 2.83. The first kappa shape index (κ1) is 12.9. The first-order valence-electron chi connectivity index (χ1n) is 5.65. The van der Waals surface area contributed by atoms with Crippen molar-refractivity contribution in [2.75, 3.05) is 47.1 Å². The molecule has 0 atom stereocenters. The van der Waals surface area contributed by atoms with E-state index in [1.54, 1.807) is 7.11 Å². The Kier molecular flexibility index (Phi) is 6.17. The van der Waals surface area contributed by atoms with Gasteiger partial charge in [0.15, 0.2) is 0 Å². The van der Waals surface area contributed by atoms with Gasteiger partial charge in [-0.3, -0.25) is 0 Å². The van der Waals surface area contributed by atoms with Gasteiger partial charge in [0.25, 0.3) is 0 Å². The lowest BCUT2D eigenvalue weighted by Gasteiger charge is -2.34. The van der Waals surface area contributed by atoms with Gasteiger partial charge in [0, 0.05) is 20.2 Å². The van der Waals surface area contributed by atoms with Gasteiger partial charge in [-0.05, 0) is 25.8 Å². The predicted molar refractivity (Wildman–Crippen MR) is 58.9 cm³/mol. The summed E-state index contributed by atoms with van der Waals surface area (Å²) in [5.74, 6) is 0.684. The minimum Gasteiger partial charge on any atom is -0.393 e. The number of likely N-dealkylation sites (N-methyl/N-ethyl adjacent to an activating group) is 1. The normalized spacial score (nSPS) is 25.6. The highest BCUT2D eigenvalue weighted by Gasteiger charge is 2.27. The maximum absolute atomic E-state index is 9.15. The van der Waals surface area contributed by atoms with Crippen LogP contribution in [0.3, 0.4) is 0 Å². The average Bonchev–Trinajstić information content (AvgIpc) is 2.15. The second kappa shape index (κ2) is 7.17. The van der Waals surface area contributed by atoms with Crippen molar-refractivity contribution in [1.29, 1.82) is 0 Å². The number of hydrogen-bond acceptors (Lipinski definition) is 4. The number of rotatable bonds is 8. The predicted octanol–water partition coefficient (Wildman–Crippen LogP) is 0.352. The van der Waals surface area contributed by atoms with Gasteiger partial charge < -0.3 is 19.5 Å². The van der Waals surface area contributed by atoms with E-state index >= 15 is 0 Å². The van der Waals surface area contributed by atoms with E-state index in [0.29, 0.717) is 19.1 Å². The van der Waals surface area contributed by atoms with Crippen molar-refractivity contribution in [2.24, 2.45) is 5.92 Å². The quantitative estimate of drug-likeness (QED) is 0.596. The highest BCUT2D eigenvalue weighted by Crippen LogP contribution is 2.27. The summed E-state index contributed by atoms with van der Waals surface area (Å²) >= 11 is 0. The van der Waals surface area contributed by atoms with E-state index < -0.39 is 0 Å². The summed E-state index contributed by atoms with van der Waals surface area (Å²) in [7, 11) is 3.78. The van der Waals surface area contributed by atoms with E-state index in [-0.39, 0.29) is 6.10 Å². The first-order valence-corrected chi connectivity index (χ1v) is 5.65. The summed E-state index contributed by atoms with van der Waals surface area (Å²) in [6, 6.07) is 0. The highest BCUT2D eigenvalue weighted by atomic mass is 16.5. The van der Waals surface area contributed by atoms with Crippen LogP contribution in [0.1, 0.15) is 12.8 Å². The molecule has 0 aromatic heterocycles. The van der Waals surface area contributed by atoms with Crippen molar-refractivity contribution < 1.29 is 14.6 Å². The molecule has 1 saturated carbocycles. The number of hydrogen-bond donors (Lipinski definition) is 1. The maximum Gasteiger partial charge on any atom is 0.0700 e. The molecular formula is C11H23NO3. The monoisotopic (exact) mass is 217 g/mol. The summed E-state index contributed by atoms with van der Waals surface area (Å²) in [5.41, 5.74) is 0. The Hall–Kier alpha value is -0.160. The zero-order valence-electron chi connectivity index (χ0n) is 9.82. The molecule has 4 nitrogen and oxygen atoms in total.